The molecule has 1 saturated heterocycles. The summed E-state index contributed by atoms with van der Waals surface area (Å²) in [5.74, 6) is 0.637. The van der Waals surface area contributed by atoms with Crippen LogP contribution in [0.25, 0.3) is 0 Å². The molecule has 31 heavy (non-hydrogen) atoms. The number of benzene rings is 1. The van der Waals surface area contributed by atoms with Crippen LogP contribution in [0.5, 0.6) is 0 Å². The fourth-order valence-corrected chi connectivity index (χ4v) is 4.97. The number of hydrogen-bond acceptors (Lipinski definition) is 3. The second-order valence-corrected chi connectivity index (χ2v) is 8.84. The van der Waals surface area contributed by atoms with Crippen molar-refractivity contribution in [3.8, 4) is 0 Å². The van der Waals surface area contributed by atoms with Crippen molar-refractivity contribution in [1.82, 2.24) is 10.6 Å². The van der Waals surface area contributed by atoms with Gasteiger partial charge in [0.25, 0.3) is 0 Å². The fourth-order valence-electron chi connectivity index (χ4n) is 4.97. The molecule has 0 aromatic heterocycles. The SMILES string of the molecule is CCOCCC1(CNC(=NC)NCC2(c3cccc(F)c3)CCOCC2)CCCC1.I. The predicted octanol–water partition coefficient (Wildman–Crippen LogP) is 4.64. The minimum Gasteiger partial charge on any atom is -0.382 e. The third-order valence-electron chi connectivity index (χ3n) is 6.98. The summed E-state index contributed by atoms with van der Waals surface area (Å²) in [4.78, 5) is 4.46. The molecular formula is C24H39FIN3O2. The molecular weight excluding hydrogens is 508 g/mol. The lowest BCUT2D eigenvalue weighted by Crippen LogP contribution is -2.49. The third kappa shape index (κ3) is 7.29. The highest BCUT2D eigenvalue weighted by atomic mass is 127. The Hall–Kier alpha value is -0.930. The van der Waals surface area contributed by atoms with Gasteiger partial charge in [0.05, 0.1) is 0 Å². The Kier molecular flexibility index (Phi) is 11.0. The predicted molar refractivity (Wildman–Crippen MR) is 135 cm³/mol. The number of hydrogen-bond donors (Lipinski definition) is 2. The Morgan fingerprint density at radius 3 is 2.48 bits per heavy atom. The van der Waals surface area contributed by atoms with Gasteiger partial charge in [-0.1, -0.05) is 25.0 Å². The molecule has 3 rings (SSSR count). The quantitative estimate of drug-likeness (QED) is 0.205. The van der Waals surface area contributed by atoms with Gasteiger partial charge >= 0.3 is 0 Å². The molecule has 176 valence electrons. The van der Waals surface area contributed by atoms with E-state index in [-0.39, 0.29) is 35.2 Å². The number of halogens is 2. The zero-order chi connectivity index (χ0) is 21.3. The lowest BCUT2D eigenvalue weighted by atomic mass is 9.74. The van der Waals surface area contributed by atoms with Crippen LogP contribution in [-0.2, 0) is 14.9 Å². The van der Waals surface area contributed by atoms with Crippen molar-refractivity contribution in [3.05, 3.63) is 35.6 Å². The summed E-state index contributed by atoms with van der Waals surface area (Å²) < 4.78 is 25.2. The number of rotatable bonds is 9. The maximum Gasteiger partial charge on any atom is 0.191 e. The Labute approximate surface area is 204 Å². The van der Waals surface area contributed by atoms with Crippen molar-refractivity contribution in [3.63, 3.8) is 0 Å². The largest absolute Gasteiger partial charge is 0.382 e. The molecule has 2 fully saturated rings. The molecule has 0 spiro atoms. The van der Waals surface area contributed by atoms with Crippen LogP contribution in [0.1, 0.15) is 57.4 Å². The van der Waals surface area contributed by atoms with Crippen LogP contribution in [0.3, 0.4) is 0 Å². The number of ether oxygens (including phenoxy) is 2. The van der Waals surface area contributed by atoms with Crippen LogP contribution in [-0.4, -0.2) is 52.5 Å². The first-order chi connectivity index (χ1) is 14.6. The topological polar surface area (TPSA) is 54.9 Å². The van der Waals surface area contributed by atoms with Crippen molar-refractivity contribution in [2.45, 2.75) is 57.3 Å². The molecule has 1 heterocycles. The highest BCUT2D eigenvalue weighted by Crippen LogP contribution is 2.40. The molecule has 1 aliphatic heterocycles. The monoisotopic (exact) mass is 547 g/mol. The van der Waals surface area contributed by atoms with Crippen LogP contribution in [0, 0.1) is 11.2 Å². The van der Waals surface area contributed by atoms with Gasteiger partial charge < -0.3 is 20.1 Å². The van der Waals surface area contributed by atoms with Gasteiger partial charge in [-0.15, -0.1) is 24.0 Å². The van der Waals surface area contributed by atoms with Crippen molar-refractivity contribution >= 4 is 29.9 Å². The Bertz CT molecular complexity index is 689. The first kappa shape index (κ1) is 26.3. The van der Waals surface area contributed by atoms with Gasteiger partial charge in [-0.05, 0) is 62.1 Å². The van der Waals surface area contributed by atoms with E-state index >= 15 is 0 Å². The molecule has 1 aromatic rings. The standard InChI is InChI=1S/C24H38FN3O2.HI/c1-3-29-14-11-23(9-4-5-10-23)18-27-22(26-2)28-19-24(12-15-30-16-13-24)20-7-6-8-21(25)17-20;/h6-8,17H,3-5,9-16,18-19H2,1-2H3,(H2,26,27,28);1H. The van der Waals surface area contributed by atoms with Crippen molar-refractivity contribution in [2.24, 2.45) is 10.4 Å². The number of nitrogens with zero attached hydrogens (tertiary/aromatic N) is 1. The molecule has 1 saturated carbocycles. The normalized spacial score (nSPS) is 20.2. The van der Waals surface area contributed by atoms with Gasteiger partial charge in [0.2, 0.25) is 0 Å². The smallest absolute Gasteiger partial charge is 0.191 e. The lowest BCUT2D eigenvalue weighted by molar-refractivity contribution is 0.0512. The van der Waals surface area contributed by atoms with E-state index in [0.717, 1.165) is 50.5 Å². The van der Waals surface area contributed by atoms with Crippen LogP contribution >= 0.6 is 24.0 Å². The van der Waals surface area contributed by atoms with E-state index in [1.54, 1.807) is 12.1 Å². The number of nitrogens with one attached hydrogen (secondary N) is 2. The summed E-state index contributed by atoms with van der Waals surface area (Å²) in [6, 6.07) is 7.02. The summed E-state index contributed by atoms with van der Waals surface area (Å²) in [5.41, 5.74) is 1.20. The fraction of sp³-hybridized carbons (Fsp3) is 0.708. The zero-order valence-electron chi connectivity index (χ0n) is 19.1. The van der Waals surface area contributed by atoms with Gasteiger partial charge in [0, 0.05) is 52.0 Å². The average Bonchev–Trinajstić information content (AvgIpc) is 3.24. The Morgan fingerprint density at radius 1 is 1.13 bits per heavy atom. The average molecular weight is 547 g/mol. The summed E-state index contributed by atoms with van der Waals surface area (Å²) in [6.45, 7) is 6.68. The molecule has 0 atom stereocenters. The number of guanidine groups is 1. The minimum atomic E-state index is -0.182. The zero-order valence-corrected chi connectivity index (χ0v) is 21.4. The molecule has 0 radical (unpaired) electrons. The molecule has 1 aromatic carbocycles. The van der Waals surface area contributed by atoms with E-state index in [1.165, 1.54) is 31.7 Å². The van der Waals surface area contributed by atoms with E-state index < -0.39 is 0 Å². The van der Waals surface area contributed by atoms with Crippen molar-refractivity contribution in [1.29, 1.82) is 0 Å². The molecule has 0 bridgehead atoms. The van der Waals surface area contributed by atoms with Crippen molar-refractivity contribution < 1.29 is 13.9 Å². The van der Waals surface area contributed by atoms with E-state index in [0.29, 0.717) is 25.2 Å². The maximum absolute atomic E-state index is 13.9. The minimum absolute atomic E-state index is 0. The molecule has 2 N–H and O–H groups in total. The Balaban J connectivity index is 0.00000341. The lowest BCUT2D eigenvalue weighted by Gasteiger charge is -2.38. The molecule has 5 nitrogen and oxygen atoms in total. The summed E-state index contributed by atoms with van der Waals surface area (Å²) in [5, 5.41) is 7.11. The molecule has 2 aliphatic rings. The van der Waals surface area contributed by atoms with E-state index in [1.807, 2.05) is 13.1 Å². The molecule has 0 amide bonds. The highest BCUT2D eigenvalue weighted by molar-refractivity contribution is 14.0. The van der Waals surface area contributed by atoms with Crippen LogP contribution in [0.2, 0.25) is 0 Å². The maximum atomic E-state index is 13.9. The van der Waals surface area contributed by atoms with Gasteiger partial charge in [-0.2, -0.15) is 0 Å². The van der Waals surface area contributed by atoms with E-state index in [9.17, 15) is 4.39 Å². The molecule has 0 unspecified atom stereocenters. The van der Waals surface area contributed by atoms with Gasteiger partial charge in [0.1, 0.15) is 5.82 Å². The van der Waals surface area contributed by atoms with E-state index in [2.05, 4.69) is 22.5 Å². The molecule has 1 aliphatic carbocycles. The van der Waals surface area contributed by atoms with Crippen LogP contribution in [0.4, 0.5) is 4.39 Å². The van der Waals surface area contributed by atoms with Gasteiger partial charge in [-0.3, -0.25) is 4.99 Å². The summed E-state index contributed by atoms with van der Waals surface area (Å²) >= 11 is 0. The van der Waals surface area contributed by atoms with Crippen LogP contribution in [0.15, 0.2) is 29.3 Å². The number of aliphatic imine (C=N–C) groups is 1. The highest BCUT2D eigenvalue weighted by Gasteiger charge is 2.36. The first-order valence-electron chi connectivity index (χ1n) is 11.5. The third-order valence-corrected chi connectivity index (χ3v) is 6.98. The Morgan fingerprint density at radius 2 is 1.84 bits per heavy atom. The first-order valence-corrected chi connectivity index (χ1v) is 11.5. The summed E-state index contributed by atoms with van der Waals surface area (Å²) in [6.07, 6.45) is 7.92. The second kappa shape index (κ2) is 12.9. The van der Waals surface area contributed by atoms with Gasteiger partial charge in [0.15, 0.2) is 5.96 Å². The van der Waals surface area contributed by atoms with Crippen LogP contribution < -0.4 is 10.6 Å². The second-order valence-electron chi connectivity index (χ2n) is 8.84. The summed E-state index contributed by atoms with van der Waals surface area (Å²) in [7, 11) is 1.82. The molecule has 7 heteroatoms. The van der Waals surface area contributed by atoms with Gasteiger partial charge in [-0.25, -0.2) is 4.39 Å². The van der Waals surface area contributed by atoms with Crippen molar-refractivity contribution in [2.75, 3.05) is 46.6 Å². The van der Waals surface area contributed by atoms with E-state index in [4.69, 9.17) is 9.47 Å².